The number of aryl methyl sites for hydroxylation is 1. The summed E-state index contributed by atoms with van der Waals surface area (Å²) in [7, 11) is 0. The lowest BCUT2D eigenvalue weighted by Gasteiger charge is -2.23. The summed E-state index contributed by atoms with van der Waals surface area (Å²) >= 11 is 0. The predicted molar refractivity (Wildman–Crippen MR) is 69.5 cm³/mol. The monoisotopic (exact) mass is 220 g/mol. The zero-order valence-electron chi connectivity index (χ0n) is 10.8. The molecule has 0 amide bonds. The van der Waals surface area contributed by atoms with Crippen LogP contribution in [0.5, 0.6) is 0 Å². The molecule has 0 saturated carbocycles. The summed E-state index contributed by atoms with van der Waals surface area (Å²) in [5, 5.41) is 10.3. The molecular formula is C15H24O. The van der Waals surface area contributed by atoms with E-state index in [0.29, 0.717) is 0 Å². The zero-order chi connectivity index (χ0) is 12.0. The van der Waals surface area contributed by atoms with E-state index < -0.39 is 5.60 Å². The van der Waals surface area contributed by atoms with Crippen molar-refractivity contribution in [3.63, 3.8) is 0 Å². The maximum absolute atomic E-state index is 10.3. The Hall–Kier alpha value is -0.820. The number of rotatable bonds is 6. The van der Waals surface area contributed by atoms with E-state index in [1.165, 1.54) is 18.4 Å². The smallest absolute Gasteiger partial charge is 0.0868 e. The first kappa shape index (κ1) is 13.2. The van der Waals surface area contributed by atoms with Gasteiger partial charge in [-0.3, -0.25) is 0 Å². The Morgan fingerprint density at radius 2 is 1.69 bits per heavy atom. The van der Waals surface area contributed by atoms with Gasteiger partial charge in [0.05, 0.1) is 5.60 Å². The van der Waals surface area contributed by atoms with Crippen LogP contribution in [0.3, 0.4) is 0 Å². The molecular weight excluding hydrogens is 196 g/mol. The third-order valence-electron chi connectivity index (χ3n) is 3.13. The van der Waals surface area contributed by atoms with Gasteiger partial charge in [0.1, 0.15) is 0 Å². The van der Waals surface area contributed by atoms with E-state index in [9.17, 15) is 5.11 Å². The van der Waals surface area contributed by atoms with Crippen molar-refractivity contribution < 1.29 is 5.11 Å². The van der Waals surface area contributed by atoms with Gasteiger partial charge in [-0.1, -0.05) is 51.0 Å². The van der Waals surface area contributed by atoms with Crippen LogP contribution < -0.4 is 0 Å². The van der Waals surface area contributed by atoms with E-state index in [1.807, 2.05) is 6.92 Å². The fourth-order valence-corrected chi connectivity index (χ4v) is 2.04. The SMILES string of the molecule is CCCCc1ccc(C(C)(O)CCC)cc1. The second kappa shape index (κ2) is 6.05. The Morgan fingerprint density at radius 1 is 1.06 bits per heavy atom. The third-order valence-corrected chi connectivity index (χ3v) is 3.13. The van der Waals surface area contributed by atoms with Crippen LogP contribution in [0, 0.1) is 0 Å². The van der Waals surface area contributed by atoms with E-state index in [-0.39, 0.29) is 0 Å². The summed E-state index contributed by atoms with van der Waals surface area (Å²) in [6.07, 6.45) is 5.44. The Kier molecular flexibility index (Phi) is 5.01. The molecule has 0 aliphatic carbocycles. The van der Waals surface area contributed by atoms with Crippen molar-refractivity contribution in [1.29, 1.82) is 0 Å². The van der Waals surface area contributed by atoms with Crippen molar-refractivity contribution >= 4 is 0 Å². The highest BCUT2D eigenvalue weighted by Crippen LogP contribution is 2.26. The number of benzene rings is 1. The van der Waals surface area contributed by atoms with Gasteiger partial charge in [-0.2, -0.15) is 0 Å². The average molecular weight is 220 g/mol. The number of hydrogen-bond acceptors (Lipinski definition) is 1. The highest BCUT2D eigenvalue weighted by atomic mass is 16.3. The fourth-order valence-electron chi connectivity index (χ4n) is 2.04. The molecule has 0 radical (unpaired) electrons. The summed E-state index contributed by atoms with van der Waals surface area (Å²) in [5.41, 5.74) is 1.74. The highest BCUT2D eigenvalue weighted by Gasteiger charge is 2.21. The highest BCUT2D eigenvalue weighted by molar-refractivity contribution is 5.26. The van der Waals surface area contributed by atoms with Crippen LogP contribution in [0.4, 0.5) is 0 Å². The molecule has 0 spiro atoms. The van der Waals surface area contributed by atoms with E-state index in [2.05, 4.69) is 38.1 Å². The molecule has 1 rings (SSSR count). The van der Waals surface area contributed by atoms with Crippen molar-refractivity contribution in [2.45, 2.75) is 58.5 Å². The number of unbranched alkanes of at least 4 members (excludes halogenated alkanes) is 1. The van der Waals surface area contributed by atoms with Crippen molar-refractivity contribution in [3.8, 4) is 0 Å². The molecule has 0 aliphatic rings. The Balaban J connectivity index is 2.70. The minimum Gasteiger partial charge on any atom is -0.385 e. The van der Waals surface area contributed by atoms with Crippen LogP contribution in [-0.2, 0) is 12.0 Å². The molecule has 1 unspecified atom stereocenters. The summed E-state index contributed by atoms with van der Waals surface area (Å²) in [4.78, 5) is 0. The Bertz CT molecular complexity index is 298. The molecule has 90 valence electrons. The normalized spacial score (nSPS) is 14.8. The summed E-state index contributed by atoms with van der Waals surface area (Å²) < 4.78 is 0. The van der Waals surface area contributed by atoms with Crippen LogP contribution in [0.2, 0.25) is 0 Å². The van der Waals surface area contributed by atoms with Gasteiger partial charge in [-0.05, 0) is 37.3 Å². The van der Waals surface area contributed by atoms with Crippen molar-refractivity contribution in [2.24, 2.45) is 0 Å². The molecule has 0 heterocycles. The summed E-state index contributed by atoms with van der Waals surface area (Å²) in [5.74, 6) is 0. The van der Waals surface area contributed by atoms with Gasteiger partial charge < -0.3 is 5.11 Å². The van der Waals surface area contributed by atoms with Crippen molar-refractivity contribution in [1.82, 2.24) is 0 Å². The van der Waals surface area contributed by atoms with Gasteiger partial charge in [0.25, 0.3) is 0 Å². The third kappa shape index (κ3) is 3.64. The maximum Gasteiger partial charge on any atom is 0.0868 e. The lowest BCUT2D eigenvalue weighted by molar-refractivity contribution is 0.0469. The first-order valence-electron chi connectivity index (χ1n) is 6.42. The molecule has 1 heteroatoms. The second-order valence-corrected chi connectivity index (χ2v) is 4.82. The largest absolute Gasteiger partial charge is 0.385 e. The maximum atomic E-state index is 10.3. The van der Waals surface area contributed by atoms with E-state index in [0.717, 1.165) is 24.8 Å². The minimum atomic E-state index is -0.669. The van der Waals surface area contributed by atoms with Gasteiger partial charge in [-0.15, -0.1) is 0 Å². The number of hydrogen-bond donors (Lipinski definition) is 1. The van der Waals surface area contributed by atoms with Crippen LogP contribution in [-0.4, -0.2) is 5.11 Å². The van der Waals surface area contributed by atoms with E-state index >= 15 is 0 Å². The molecule has 1 atom stereocenters. The van der Waals surface area contributed by atoms with Gasteiger partial charge >= 0.3 is 0 Å². The minimum absolute atomic E-state index is 0.669. The fraction of sp³-hybridized carbons (Fsp3) is 0.600. The molecule has 0 fully saturated rings. The van der Waals surface area contributed by atoms with Crippen LogP contribution >= 0.6 is 0 Å². The van der Waals surface area contributed by atoms with Crippen LogP contribution in [0.1, 0.15) is 57.6 Å². The standard InChI is InChI=1S/C15H24O/c1-4-6-7-13-8-10-14(11-9-13)15(3,16)12-5-2/h8-11,16H,4-7,12H2,1-3H3. The average Bonchev–Trinajstić information content (AvgIpc) is 2.27. The predicted octanol–water partition coefficient (Wildman–Crippen LogP) is 4.04. The molecule has 0 aromatic heterocycles. The molecule has 1 aromatic rings. The molecule has 1 N–H and O–H groups in total. The zero-order valence-corrected chi connectivity index (χ0v) is 10.8. The van der Waals surface area contributed by atoms with Crippen LogP contribution in [0.25, 0.3) is 0 Å². The molecule has 1 nitrogen and oxygen atoms in total. The second-order valence-electron chi connectivity index (χ2n) is 4.82. The molecule has 0 saturated heterocycles. The van der Waals surface area contributed by atoms with Crippen molar-refractivity contribution in [3.05, 3.63) is 35.4 Å². The van der Waals surface area contributed by atoms with Gasteiger partial charge in [0.2, 0.25) is 0 Å². The molecule has 16 heavy (non-hydrogen) atoms. The van der Waals surface area contributed by atoms with Gasteiger partial charge in [0.15, 0.2) is 0 Å². The lowest BCUT2D eigenvalue weighted by Crippen LogP contribution is -2.20. The Morgan fingerprint density at radius 3 is 2.19 bits per heavy atom. The van der Waals surface area contributed by atoms with Crippen LogP contribution in [0.15, 0.2) is 24.3 Å². The number of aliphatic hydroxyl groups is 1. The molecule has 1 aromatic carbocycles. The summed E-state index contributed by atoms with van der Waals surface area (Å²) in [6.45, 7) is 6.21. The Labute approximate surface area is 99.5 Å². The van der Waals surface area contributed by atoms with Gasteiger partial charge in [-0.25, -0.2) is 0 Å². The molecule has 0 aliphatic heterocycles. The van der Waals surface area contributed by atoms with E-state index in [4.69, 9.17) is 0 Å². The van der Waals surface area contributed by atoms with E-state index in [1.54, 1.807) is 0 Å². The quantitative estimate of drug-likeness (QED) is 0.767. The lowest BCUT2D eigenvalue weighted by atomic mass is 9.90. The topological polar surface area (TPSA) is 20.2 Å². The first-order chi connectivity index (χ1) is 7.60. The first-order valence-corrected chi connectivity index (χ1v) is 6.42. The summed E-state index contributed by atoms with van der Waals surface area (Å²) in [6, 6.07) is 8.44. The molecule has 0 bridgehead atoms. The van der Waals surface area contributed by atoms with Crippen molar-refractivity contribution in [2.75, 3.05) is 0 Å². The van der Waals surface area contributed by atoms with Gasteiger partial charge in [0, 0.05) is 0 Å².